The Morgan fingerprint density at radius 2 is 1.79 bits per heavy atom. The summed E-state index contributed by atoms with van der Waals surface area (Å²) in [5, 5.41) is 0. The Morgan fingerprint density at radius 1 is 1.00 bits per heavy atom. The third-order valence-corrected chi connectivity index (χ3v) is 5.80. The number of oxazole rings is 1. The van der Waals surface area contributed by atoms with Gasteiger partial charge in [-0.25, -0.2) is 9.97 Å². The topological polar surface area (TPSA) is 54.6 Å². The molecule has 2 aromatic heterocycles. The number of rotatable bonds is 5. The zero-order valence-electron chi connectivity index (χ0n) is 17.6. The molecule has 0 N–H and O–H groups in total. The molecule has 0 atom stereocenters. The summed E-state index contributed by atoms with van der Waals surface area (Å²) in [5.41, 5.74) is 4.30. The van der Waals surface area contributed by atoms with E-state index >= 15 is 0 Å². The molecule has 1 saturated heterocycles. The van der Waals surface area contributed by atoms with Gasteiger partial charge >= 0.3 is 0 Å². The summed E-state index contributed by atoms with van der Waals surface area (Å²) in [6.07, 6.45) is 1.85. The van der Waals surface area contributed by atoms with Crippen molar-refractivity contribution in [3.8, 4) is 17.2 Å². The third kappa shape index (κ3) is 3.98. The van der Waals surface area contributed by atoms with Crippen LogP contribution < -0.4 is 9.64 Å². The van der Waals surface area contributed by atoms with Crippen LogP contribution in [0.1, 0.15) is 22.6 Å². The van der Waals surface area contributed by atoms with Gasteiger partial charge in [-0.15, -0.1) is 0 Å². The smallest absolute Gasteiger partial charge is 0.226 e. The first-order valence-corrected chi connectivity index (χ1v) is 10.1. The van der Waals surface area contributed by atoms with Gasteiger partial charge in [0.15, 0.2) is 0 Å². The number of piperazine rings is 1. The van der Waals surface area contributed by atoms with Crippen molar-refractivity contribution >= 4 is 5.82 Å². The quantitative estimate of drug-likeness (QED) is 0.654. The standard InChI is InChI=1S/C23H28N4O2/c1-16-17(2)21(28-4)9-8-19(16)23-25-20(18(3)29-23)15-26-11-13-27(14-12-26)22-7-5-6-10-24-22/h5-10H,11-15H2,1-4H3. The van der Waals surface area contributed by atoms with E-state index in [1.165, 1.54) is 0 Å². The van der Waals surface area contributed by atoms with E-state index in [1.807, 2.05) is 37.4 Å². The molecule has 29 heavy (non-hydrogen) atoms. The fourth-order valence-electron chi connectivity index (χ4n) is 3.83. The van der Waals surface area contributed by atoms with E-state index in [-0.39, 0.29) is 0 Å². The molecule has 6 nitrogen and oxygen atoms in total. The second-order valence-electron chi connectivity index (χ2n) is 7.54. The van der Waals surface area contributed by atoms with E-state index in [0.717, 1.165) is 72.4 Å². The summed E-state index contributed by atoms with van der Waals surface area (Å²) in [6, 6.07) is 10.1. The highest BCUT2D eigenvalue weighted by Crippen LogP contribution is 2.31. The monoisotopic (exact) mass is 392 g/mol. The zero-order chi connectivity index (χ0) is 20.4. The van der Waals surface area contributed by atoms with Gasteiger partial charge in [-0.3, -0.25) is 4.90 Å². The highest BCUT2D eigenvalue weighted by Gasteiger charge is 2.21. The summed E-state index contributed by atoms with van der Waals surface area (Å²) in [7, 11) is 1.70. The third-order valence-electron chi connectivity index (χ3n) is 5.80. The molecule has 4 rings (SSSR count). The number of aromatic nitrogens is 2. The Balaban J connectivity index is 1.45. The van der Waals surface area contributed by atoms with Gasteiger partial charge in [0, 0.05) is 44.5 Å². The maximum absolute atomic E-state index is 6.04. The molecule has 0 amide bonds. The maximum Gasteiger partial charge on any atom is 0.226 e. The molecule has 0 radical (unpaired) electrons. The van der Waals surface area contributed by atoms with Gasteiger partial charge in [-0.1, -0.05) is 6.07 Å². The van der Waals surface area contributed by atoms with Crippen LogP contribution in [0.5, 0.6) is 5.75 Å². The molecule has 0 bridgehead atoms. The van der Waals surface area contributed by atoms with Crippen molar-refractivity contribution in [1.29, 1.82) is 0 Å². The van der Waals surface area contributed by atoms with Gasteiger partial charge < -0.3 is 14.1 Å². The molecule has 152 valence electrons. The molecule has 1 aliphatic rings. The van der Waals surface area contributed by atoms with Crippen LogP contribution in [0.15, 0.2) is 40.9 Å². The minimum absolute atomic E-state index is 0.688. The van der Waals surface area contributed by atoms with Gasteiger partial charge in [-0.2, -0.15) is 0 Å². The molecular formula is C23H28N4O2. The van der Waals surface area contributed by atoms with Crippen molar-refractivity contribution in [3.63, 3.8) is 0 Å². The molecule has 3 heterocycles. The summed E-state index contributed by atoms with van der Waals surface area (Å²) < 4.78 is 11.5. The first kappa shape index (κ1) is 19.5. The van der Waals surface area contributed by atoms with Crippen LogP contribution in [-0.4, -0.2) is 48.2 Å². The molecule has 0 unspecified atom stereocenters. The minimum Gasteiger partial charge on any atom is -0.496 e. The maximum atomic E-state index is 6.04. The van der Waals surface area contributed by atoms with Crippen LogP contribution in [0.2, 0.25) is 0 Å². The van der Waals surface area contributed by atoms with Crippen molar-refractivity contribution in [3.05, 3.63) is 59.1 Å². The van der Waals surface area contributed by atoms with Crippen molar-refractivity contribution < 1.29 is 9.15 Å². The molecule has 3 aromatic rings. The molecular weight excluding hydrogens is 364 g/mol. The number of aryl methyl sites for hydroxylation is 1. The van der Waals surface area contributed by atoms with Gasteiger partial charge in [-0.05, 0) is 56.2 Å². The summed E-state index contributed by atoms with van der Waals surface area (Å²) in [4.78, 5) is 14.1. The van der Waals surface area contributed by atoms with Gasteiger partial charge in [0.2, 0.25) is 5.89 Å². The van der Waals surface area contributed by atoms with E-state index in [1.54, 1.807) is 7.11 Å². The first-order valence-electron chi connectivity index (χ1n) is 10.1. The Morgan fingerprint density at radius 3 is 2.48 bits per heavy atom. The molecule has 1 aromatic carbocycles. The van der Waals surface area contributed by atoms with E-state index in [0.29, 0.717) is 5.89 Å². The lowest BCUT2D eigenvalue weighted by Crippen LogP contribution is -2.46. The fraction of sp³-hybridized carbons (Fsp3) is 0.391. The van der Waals surface area contributed by atoms with Crippen LogP contribution in [0, 0.1) is 20.8 Å². The Labute approximate surface area is 172 Å². The summed E-state index contributed by atoms with van der Waals surface area (Å²) in [5.74, 6) is 3.52. The van der Waals surface area contributed by atoms with Crippen LogP contribution in [0.4, 0.5) is 5.82 Å². The van der Waals surface area contributed by atoms with Crippen LogP contribution in [0.25, 0.3) is 11.5 Å². The average Bonchev–Trinajstić information content (AvgIpc) is 3.11. The van der Waals surface area contributed by atoms with Gasteiger partial charge in [0.25, 0.3) is 0 Å². The number of anilines is 1. The first-order chi connectivity index (χ1) is 14.1. The molecule has 0 spiro atoms. The molecule has 1 aliphatic heterocycles. The van der Waals surface area contributed by atoms with E-state index in [2.05, 4.69) is 34.7 Å². The van der Waals surface area contributed by atoms with Crippen molar-refractivity contribution in [2.24, 2.45) is 0 Å². The largest absolute Gasteiger partial charge is 0.496 e. The van der Waals surface area contributed by atoms with Crippen LogP contribution >= 0.6 is 0 Å². The zero-order valence-corrected chi connectivity index (χ0v) is 17.6. The van der Waals surface area contributed by atoms with Crippen molar-refractivity contribution in [2.75, 3.05) is 38.2 Å². The molecule has 0 aliphatic carbocycles. The number of methoxy groups -OCH3 is 1. The number of nitrogens with zero attached hydrogens (tertiary/aromatic N) is 4. The van der Waals surface area contributed by atoms with E-state index < -0.39 is 0 Å². The second kappa shape index (κ2) is 8.25. The highest BCUT2D eigenvalue weighted by molar-refractivity contribution is 5.63. The second-order valence-corrected chi connectivity index (χ2v) is 7.54. The number of hydrogen-bond acceptors (Lipinski definition) is 6. The van der Waals surface area contributed by atoms with Crippen molar-refractivity contribution in [1.82, 2.24) is 14.9 Å². The normalized spacial score (nSPS) is 15.0. The van der Waals surface area contributed by atoms with Gasteiger partial charge in [0.1, 0.15) is 17.3 Å². The van der Waals surface area contributed by atoms with E-state index in [4.69, 9.17) is 14.1 Å². The number of hydrogen-bond donors (Lipinski definition) is 0. The van der Waals surface area contributed by atoms with Gasteiger partial charge in [0.05, 0.1) is 12.8 Å². The van der Waals surface area contributed by atoms with Crippen LogP contribution in [-0.2, 0) is 6.54 Å². The molecule has 1 fully saturated rings. The van der Waals surface area contributed by atoms with E-state index in [9.17, 15) is 0 Å². The number of pyridine rings is 1. The average molecular weight is 393 g/mol. The van der Waals surface area contributed by atoms with Crippen molar-refractivity contribution in [2.45, 2.75) is 27.3 Å². The minimum atomic E-state index is 0.688. The van der Waals surface area contributed by atoms with Crippen LogP contribution in [0.3, 0.4) is 0 Å². The summed E-state index contributed by atoms with van der Waals surface area (Å²) >= 11 is 0. The Bertz CT molecular complexity index is 976. The summed E-state index contributed by atoms with van der Waals surface area (Å²) in [6.45, 7) is 10.9. The molecule has 0 saturated carbocycles. The lowest BCUT2D eigenvalue weighted by molar-refractivity contribution is 0.245. The predicted molar refractivity (Wildman–Crippen MR) is 114 cm³/mol. The number of benzene rings is 1. The Hall–Kier alpha value is -2.86. The lowest BCUT2D eigenvalue weighted by atomic mass is 10.0. The highest BCUT2D eigenvalue weighted by atomic mass is 16.5. The fourth-order valence-corrected chi connectivity index (χ4v) is 3.83. The molecule has 6 heteroatoms. The Kier molecular flexibility index (Phi) is 5.53. The lowest BCUT2D eigenvalue weighted by Gasteiger charge is -2.35. The number of ether oxygens (including phenoxy) is 1. The predicted octanol–water partition coefficient (Wildman–Crippen LogP) is 3.99. The SMILES string of the molecule is COc1ccc(-c2nc(CN3CCN(c4ccccn4)CC3)c(C)o2)c(C)c1C.